The summed E-state index contributed by atoms with van der Waals surface area (Å²) in [6, 6.07) is 6.15. The van der Waals surface area contributed by atoms with Gasteiger partial charge in [0.25, 0.3) is 0 Å². The Labute approximate surface area is 130 Å². The standard InChI is InChI=1S/C16H22ClNOS/c1-11-8-13(17)2-3-14(11)15(18)12-4-6-19-16(9-12)5-7-20-10-16/h2-3,8,12,15H,4-7,9-10,18H2,1H3. The molecule has 3 rings (SSSR count). The largest absolute Gasteiger partial charge is 0.374 e. The summed E-state index contributed by atoms with van der Waals surface area (Å²) in [7, 11) is 0. The molecule has 2 heterocycles. The number of thioether (sulfide) groups is 1. The Morgan fingerprint density at radius 2 is 2.35 bits per heavy atom. The lowest BCUT2D eigenvalue weighted by atomic mass is 9.78. The average molecular weight is 312 g/mol. The first kappa shape index (κ1) is 14.7. The first-order valence-electron chi connectivity index (χ1n) is 7.33. The van der Waals surface area contributed by atoms with Crippen LogP contribution < -0.4 is 5.73 Å². The molecule has 0 bridgehead atoms. The molecule has 1 aromatic carbocycles. The second-order valence-electron chi connectivity index (χ2n) is 6.11. The number of halogens is 1. The van der Waals surface area contributed by atoms with Gasteiger partial charge in [0, 0.05) is 23.4 Å². The van der Waals surface area contributed by atoms with Gasteiger partial charge in [-0.15, -0.1) is 0 Å². The van der Waals surface area contributed by atoms with Crippen LogP contribution >= 0.6 is 23.4 Å². The minimum atomic E-state index is 0.0960. The SMILES string of the molecule is Cc1cc(Cl)ccc1C(N)C1CCOC2(CCSC2)C1. The third-order valence-corrected chi connectivity index (χ3v) is 6.16. The predicted octanol–water partition coefficient (Wildman–Crippen LogP) is 3.95. The molecule has 0 aromatic heterocycles. The van der Waals surface area contributed by atoms with Crippen LogP contribution in [0.15, 0.2) is 18.2 Å². The monoisotopic (exact) mass is 311 g/mol. The van der Waals surface area contributed by atoms with Crippen molar-refractivity contribution in [1.82, 2.24) is 0 Å². The van der Waals surface area contributed by atoms with Gasteiger partial charge in [-0.1, -0.05) is 17.7 Å². The molecule has 1 aromatic rings. The molecule has 2 aliphatic rings. The van der Waals surface area contributed by atoms with Crippen LogP contribution in [0.2, 0.25) is 5.02 Å². The third kappa shape index (κ3) is 2.87. The van der Waals surface area contributed by atoms with Crippen molar-refractivity contribution in [2.75, 3.05) is 18.1 Å². The summed E-state index contributed by atoms with van der Waals surface area (Å²) >= 11 is 8.05. The van der Waals surface area contributed by atoms with Crippen molar-refractivity contribution in [2.45, 2.75) is 37.8 Å². The molecule has 2 saturated heterocycles. The maximum absolute atomic E-state index is 6.57. The molecule has 3 atom stereocenters. The Hall–Kier alpha value is -0.220. The smallest absolute Gasteiger partial charge is 0.0783 e. The topological polar surface area (TPSA) is 35.2 Å². The van der Waals surface area contributed by atoms with Crippen molar-refractivity contribution in [3.05, 3.63) is 34.3 Å². The van der Waals surface area contributed by atoms with Crippen LogP contribution in [0.4, 0.5) is 0 Å². The van der Waals surface area contributed by atoms with E-state index in [0.29, 0.717) is 5.92 Å². The Balaban J connectivity index is 1.77. The molecule has 2 fully saturated rings. The molecule has 20 heavy (non-hydrogen) atoms. The fourth-order valence-electron chi connectivity index (χ4n) is 3.50. The number of nitrogens with two attached hydrogens (primary N) is 1. The third-order valence-electron chi connectivity index (χ3n) is 4.70. The summed E-state index contributed by atoms with van der Waals surface area (Å²) in [5.74, 6) is 2.87. The van der Waals surface area contributed by atoms with Gasteiger partial charge >= 0.3 is 0 Å². The van der Waals surface area contributed by atoms with Gasteiger partial charge in [0.2, 0.25) is 0 Å². The van der Waals surface area contributed by atoms with E-state index in [1.807, 2.05) is 23.9 Å². The maximum atomic E-state index is 6.57. The summed E-state index contributed by atoms with van der Waals surface area (Å²) in [6.45, 7) is 2.95. The van der Waals surface area contributed by atoms with Gasteiger partial charge in [0.05, 0.1) is 5.60 Å². The highest BCUT2D eigenvalue weighted by molar-refractivity contribution is 7.99. The van der Waals surface area contributed by atoms with E-state index in [-0.39, 0.29) is 11.6 Å². The van der Waals surface area contributed by atoms with Gasteiger partial charge < -0.3 is 10.5 Å². The molecule has 0 aliphatic carbocycles. The molecule has 110 valence electrons. The van der Waals surface area contributed by atoms with Gasteiger partial charge in [-0.05, 0) is 61.1 Å². The number of rotatable bonds is 2. The number of hydrogen-bond acceptors (Lipinski definition) is 3. The molecule has 0 radical (unpaired) electrons. The van der Waals surface area contributed by atoms with Crippen molar-refractivity contribution in [3.8, 4) is 0 Å². The highest BCUT2D eigenvalue weighted by atomic mass is 35.5. The quantitative estimate of drug-likeness (QED) is 0.898. The molecule has 3 unspecified atom stereocenters. The molecular weight excluding hydrogens is 290 g/mol. The molecule has 2 N–H and O–H groups in total. The molecule has 1 spiro atoms. The minimum Gasteiger partial charge on any atom is -0.374 e. The second kappa shape index (κ2) is 5.88. The lowest BCUT2D eigenvalue weighted by Gasteiger charge is -2.40. The van der Waals surface area contributed by atoms with Crippen molar-refractivity contribution >= 4 is 23.4 Å². The van der Waals surface area contributed by atoms with Gasteiger partial charge in [0.15, 0.2) is 0 Å². The molecule has 0 saturated carbocycles. The summed E-state index contributed by atoms with van der Waals surface area (Å²) < 4.78 is 6.09. The van der Waals surface area contributed by atoms with Gasteiger partial charge in [-0.2, -0.15) is 11.8 Å². The number of hydrogen-bond donors (Lipinski definition) is 1. The van der Waals surface area contributed by atoms with E-state index in [0.717, 1.165) is 30.2 Å². The van der Waals surface area contributed by atoms with Gasteiger partial charge in [-0.25, -0.2) is 0 Å². The van der Waals surface area contributed by atoms with Crippen LogP contribution in [0.3, 0.4) is 0 Å². The van der Waals surface area contributed by atoms with E-state index < -0.39 is 0 Å². The maximum Gasteiger partial charge on any atom is 0.0783 e. The Kier molecular flexibility index (Phi) is 4.32. The van der Waals surface area contributed by atoms with E-state index in [1.54, 1.807) is 0 Å². The van der Waals surface area contributed by atoms with Crippen LogP contribution in [0.25, 0.3) is 0 Å². The summed E-state index contributed by atoms with van der Waals surface area (Å²) in [4.78, 5) is 0. The summed E-state index contributed by atoms with van der Waals surface area (Å²) in [6.07, 6.45) is 3.35. The fourth-order valence-corrected chi connectivity index (χ4v) is 5.11. The Bertz CT molecular complexity index is 487. The van der Waals surface area contributed by atoms with Crippen LogP contribution in [0.5, 0.6) is 0 Å². The predicted molar refractivity (Wildman–Crippen MR) is 86.5 cm³/mol. The zero-order chi connectivity index (χ0) is 14.2. The van der Waals surface area contributed by atoms with Gasteiger partial charge in [0.1, 0.15) is 0 Å². The number of aryl methyl sites for hydroxylation is 1. The zero-order valence-electron chi connectivity index (χ0n) is 11.9. The highest BCUT2D eigenvalue weighted by Crippen LogP contribution is 2.43. The fraction of sp³-hybridized carbons (Fsp3) is 0.625. The van der Waals surface area contributed by atoms with Crippen LogP contribution in [0, 0.1) is 12.8 Å². The van der Waals surface area contributed by atoms with E-state index in [2.05, 4.69) is 13.0 Å². The minimum absolute atomic E-state index is 0.0960. The van der Waals surface area contributed by atoms with E-state index in [4.69, 9.17) is 22.1 Å². The first-order chi connectivity index (χ1) is 9.60. The Morgan fingerprint density at radius 3 is 3.05 bits per heavy atom. The lowest BCUT2D eigenvalue weighted by Crippen LogP contribution is -2.42. The zero-order valence-corrected chi connectivity index (χ0v) is 13.5. The molecule has 4 heteroatoms. The molecular formula is C16H22ClNOS. The van der Waals surface area contributed by atoms with Crippen LogP contribution in [0.1, 0.15) is 36.4 Å². The Morgan fingerprint density at radius 1 is 1.50 bits per heavy atom. The molecule has 2 nitrogen and oxygen atoms in total. The average Bonchev–Trinajstić information content (AvgIpc) is 2.86. The number of ether oxygens (including phenoxy) is 1. The highest BCUT2D eigenvalue weighted by Gasteiger charge is 2.42. The van der Waals surface area contributed by atoms with E-state index >= 15 is 0 Å². The molecule has 0 amide bonds. The lowest BCUT2D eigenvalue weighted by molar-refractivity contribution is -0.0834. The van der Waals surface area contributed by atoms with Crippen molar-refractivity contribution in [3.63, 3.8) is 0 Å². The van der Waals surface area contributed by atoms with E-state index in [9.17, 15) is 0 Å². The first-order valence-corrected chi connectivity index (χ1v) is 8.86. The van der Waals surface area contributed by atoms with E-state index in [1.165, 1.54) is 23.3 Å². The van der Waals surface area contributed by atoms with Crippen molar-refractivity contribution in [2.24, 2.45) is 11.7 Å². The molecule has 2 aliphatic heterocycles. The summed E-state index contributed by atoms with van der Waals surface area (Å²) in [5.41, 5.74) is 9.11. The number of benzene rings is 1. The normalized spacial score (nSPS) is 31.6. The van der Waals surface area contributed by atoms with Crippen LogP contribution in [-0.2, 0) is 4.74 Å². The second-order valence-corrected chi connectivity index (χ2v) is 7.66. The summed E-state index contributed by atoms with van der Waals surface area (Å²) in [5, 5.41) is 0.786. The van der Waals surface area contributed by atoms with Gasteiger partial charge in [-0.3, -0.25) is 0 Å². The van der Waals surface area contributed by atoms with Crippen molar-refractivity contribution < 1.29 is 4.74 Å². The van der Waals surface area contributed by atoms with Crippen molar-refractivity contribution in [1.29, 1.82) is 0 Å². The van der Waals surface area contributed by atoms with Crippen LogP contribution in [-0.4, -0.2) is 23.7 Å².